The van der Waals surface area contributed by atoms with Crippen LogP contribution < -0.4 is 0 Å². The summed E-state index contributed by atoms with van der Waals surface area (Å²) in [5.41, 5.74) is -7.29. The van der Waals surface area contributed by atoms with Crippen molar-refractivity contribution in [3.63, 3.8) is 0 Å². The summed E-state index contributed by atoms with van der Waals surface area (Å²) >= 11 is 0. The molecule has 3 aliphatic rings. The Labute approximate surface area is 116 Å². The van der Waals surface area contributed by atoms with Crippen molar-refractivity contribution < 1.29 is 26.3 Å². The van der Waals surface area contributed by atoms with Gasteiger partial charge in [-0.25, -0.2) is 0 Å². The molecule has 3 fully saturated rings. The summed E-state index contributed by atoms with van der Waals surface area (Å²) < 4.78 is 81.5. The maximum atomic E-state index is 13.6. The Morgan fingerprint density at radius 1 is 0.810 bits per heavy atom. The fourth-order valence-corrected chi connectivity index (χ4v) is 5.33. The summed E-state index contributed by atoms with van der Waals surface area (Å²) in [6.07, 6.45) is -11.2. The second kappa shape index (κ2) is 3.66. The molecule has 0 unspecified atom stereocenters. The molecule has 3 saturated carbocycles. The highest BCUT2D eigenvalue weighted by Gasteiger charge is 2.91. The van der Waals surface area contributed by atoms with Gasteiger partial charge in [-0.3, -0.25) is 0 Å². The van der Waals surface area contributed by atoms with E-state index in [2.05, 4.69) is 0 Å². The molecule has 0 aromatic rings. The lowest BCUT2D eigenvalue weighted by atomic mass is 9.60. The lowest BCUT2D eigenvalue weighted by molar-refractivity contribution is -0.371. The van der Waals surface area contributed by atoms with E-state index in [1.807, 2.05) is 0 Å². The van der Waals surface area contributed by atoms with Gasteiger partial charge in [0.1, 0.15) is 0 Å². The average molecular weight is 308 g/mol. The number of alkyl halides is 6. The first-order valence-corrected chi connectivity index (χ1v) is 6.52. The van der Waals surface area contributed by atoms with Crippen molar-refractivity contribution in [1.29, 1.82) is 10.5 Å². The maximum absolute atomic E-state index is 13.6. The van der Waals surface area contributed by atoms with Crippen LogP contribution in [0.15, 0.2) is 0 Å². The molecule has 0 spiro atoms. The standard InChI is InChI=1S/C13H10F6N2/c14-12(15,16)11(13(17,18)19)9-3-6-1-7(9)8(2-6)10(11,4-20)5-21/h6-9H,1-3H2/t6-,7+,8-,9+/m0/s1. The van der Waals surface area contributed by atoms with E-state index in [9.17, 15) is 36.9 Å². The van der Waals surface area contributed by atoms with Gasteiger partial charge in [0.2, 0.25) is 0 Å². The predicted molar refractivity (Wildman–Crippen MR) is 56.0 cm³/mol. The van der Waals surface area contributed by atoms with Crippen molar-refractivity contribution in [3.05, 3.63) is 0 Å². The minimum absolute atomic E-state index is 0.107. The summed E-state index contributed by atoms with van der Waals surface area (Å²) in [5.74, 6) is -3.92. The zero-order chi connectivity index (χ0) is 15.8. The summed E-state index contributed by atoms with van der Waals surface area (Å²) in [7, 11) is 0. The van der Waals surface area contributed by atoms with Crippen LogP contribution in [0.25, 0.3) is 0 Å². The van der Waals surface area contributed by atoms with E-state index in [4.69, 9.17) is 0 Å². The van der Waals surface area contributed by atoms with Crippen LogP contribution in [-0.4, -0.2) is 12.4 Å². The summed E-state index contributed by atoms with van der Waals surface area (Å²) in [6, 6.07) is 2.32. The highest BCUT2D eigenvalue weighted by Crippen LogP contribution is 2.80. The Kier molecular flexibility index (Phi) is 2.52. The van der Waals surface area contributed by atoms with Gasteiger partial charge in [-0.05, 0) is 42.9 Å². The molecular formula is C13H10F6N2. The van der Waals surface area contributed by atoms with Gasteiger partial charge in [-0.15, -0.1) is 0 Å². The van der Waals surface area contributed by atoms with Gasteiger partial charge in [0.15, 0.2) is 10.8 Å². The molecule has 0 aromatic carbocycles. The molecule has 0 aromatic heterocycles. The van der Waals surface area contributed by atoms with Crippen molar-refractivity contribution >= 4 is 0 Å². The SMILES string of the molecule is N#CC1(C#N)[C@H]2C[C@@H]3C[C@H]2[C@@H](C3)C1(C(F)(F)F)C(F)(F)F. The van der Waals surface area contributed by atoms with E-state index < -0.39 is 40.9 Å². The second-order valence-corrected chi connectivity index (χ2v) is 6.29. The zero-order valence-corrected chi connectivity index (χ0v) is 10.6. The number of hydrogen-bond acceptors (Lipinski definition) is 2. The topological polar surface area (TPSA) is 47.6 Å². The van der Waals surface area contributed by atoms with Crippen molar-refractivity contribution in [2.45, 2.75) is 31.6 Å². The first-order valence-electron chi connectivity index (χ1n) is 6.52. The molecule has 0 heterocycles. The molecule has 4 atom stereocenters. The van der Waals surface area contributed by atoms with Crippen LogP contribution in [0.1, 0.15) is 19.3 Å². The molecule has 114 valence electrons. The fraction of sp³-hybridized carbons (Fsp3) is 0.846. The van der Waals surface area contributed by atoms with Crippen LogP contribution in [0.4, 0.5) is 26.3 Å². The average Bonchev–Trinajstić information content (AvgIpc) is 2.93. The Balaban J connectivity index is 2.37. The summed E-state index contributed by atoms with van der Waals surface area (Å²) in [4.78, 5) is 0. The van der Waals surface area contributed by atoms with Crippen LogP contribution in [-0.2, 0) is 0 Å². The molecule has 0 amide bonds. The van der Waals surface area contributed by atoms with Gasteiger partial charge >= 0.3 is 12.4 Å². The molecule has 3 rings (SSSR count). The van der Waals surface area contributed by atoms with Crippen LogP contribution in [0, 0.1) is 57.2 Å². The molecule has 21 heavy (non-hydrogen) atoms. The summed E-state index contributed by atoms with van der Waals surface area (Å²) in [5, 5.41) is 18.4. The van der Waals surface area contributed by atoms with Gasteiger partial charge in [-0.2, -0.15) is 36.9 Å². The molecule has 3 aliphatic carbocycles. The third kappa shape index (κ3) is 1.26. The Morgan fingerprint density at radius 3 is 1.67 bits per heavy atom. The normalized spacial score (nSPS) is 39.0. The van der Waals surface area contributed by atoms with Crippen molar-refractivity contribution in [2.75, 3.05) is 0 Å². The summed E-state index contributed by atoms with van der Waals surface area (Å²) in [6.45, 7) is 0. The molecule has 8 heteroatoms. The molecule has 2 nitrogen and oxygen atoms in total. The smallest absolute Gasteiger partial charge is 0.197 e. The number of rotatable bonds is 0. The van der Waals surface area contributed by atoms with E-state index in [1.54, 1.807) is 0 Å². The molecule has 0 aliphatic heterocycles. The van der Waals surface area contributed by atoms with Crippen molar-refractivity contribution in [3.8, 4) is 12.1 Å². The predicted octanol–water partition coefficient (Wildman–Crippen LogP) is 3.81. The molecule has 0 N–H and O–H groups in total. The second-order valence-electron chi connectivity index (χ2n) is 6.29. The largest absolute Gasteiger partial charge is 0.406 e. The lowest BCUT2D eigenvalue weighted by Gasteiger charge is -2.43. The van der Waals surface area contributed by atoms with Crippen LogP contribution in [0.5, 0.6) is 0 Å². The zero-order valence-electron chi connectivity index (χ0n) is 10.6. The van der Waals surface area contributed by atoms with Crippen molar-refractivity contribution in [2.24, 2.45) is 34.5 Å². The Bertz CT molecular complexity index is 535. The first kappa shape index (κ1) is 14.5. The minimum atomic E-state index is -5.67. The van der Waals surface area contributed by atoms with Gasteiger partial charge in [0.05, 0.1) is 12.1 Å². The quantitative estimate of drug-likeness (QED) is 0.639. The third-order valence-corrected chi connectivity index (χ3v) is 5.80. The van der Waals surface area contributed by atoms with E-state index in [0.29, 0.717) is 0 Å². The molecular weight excluding hydrogens is 298 g/mol. The number of nitrogens with zero attached hydrogens (tertiary/aromatic N) is 2. The number of hydrogen-bond donors (Lipinski definition) is 0. The van der Waals surface area contributed by atoms with Gasteiger partial charge in [-0.1, -0.05) is 0 Å². The number of nitriles is 2. The molecule has 2 bridgehead atoms. The number of halogens is 6. The monoisotopic (exact) mass is 308 g/mol. The maximum Gasteiger partial charge on any atom is 0.406 e. The first-order chi connectivity index (χ1) is 9.56. The van der Waals surface area contributed by atoms with Crippen LogP contribution in [0.3, 0.4) is 0 Å². The van der Waals surface area contributed by atoms with Gasteiger partial charge < -0.3 is 0 Å². The highest BCUT2D eigenvalue weighted by atomic mass is 19.4. The Morgan fingerprint density at radius 2 is 1.29 bits per heavy atom. The van der Waals surface area contributed by atoms with Gasteiger partial charge in [0.25, 0.3) is 0 Å². The minimum Gasteiger partial charge on any atom is -0.197 e. The van der Waals surface area contributed by atoms with Crippen LogP contribution in [0.2, 0.25) is 0 Å². The van der Waals surface area contributed by atoms with E-state index in [1.165, 1.54) is 0 Å². The van der Waals surface area contributed by atoms with E-state index >= 15 is 0 Å². The highest BCUT2D eigenvalue weighted by molar-refractivity contribution is 5.36. The fourth-order valence-electron chi connectivity index (χ4n) is 5.33. The number of fused-ring (bicyclic) bond motifs is 1. The van der Waals surface area contributed by atoms with Crippen LogP contribution >= 0.6 is 0 Å². The Hall–Kier alpha value is -1.44. The van der Waals surface area contributed by atoms with Gasteiger partial charge in [0, 0.05) is 0 Å². The van der Waals surface area contributed by atoms with E-state index in [0.717, 1.165) is 12.1 Å². The van der Waals surface area contributed by atoms with E-state index in [-0.39, 0.29) is 25.2 Å². The lowest BCUT2D eigenvalue weighted by Crippen LogP contribution is -2.61. The molecule has 0 saturated heterocycles. The molecule has 0 radical (unpaired) electrons. The van der Waals surface area contributed by atoms with Crippen molar-refractivity contribution in [1.82, 2.24) is 0 Å². The third-order valence-electron chi connectivity index (χ3n) is 5.80.